The molecule has 0 aliphatic carbocycles. The molecule has 0 radical (unpaired) electrons. The molecular weight excluding hydrogens is 360 g/mol. The predicted molar refractivity (Wildman–Crippen MR) is 99.6 cm³/mol. The first-order valence-electron chi connectivity index (χ1n) is 7.98. The van der Waals surface area contributed by atoms with E-state index in [0.717, 1.165) is 18.2 Å². The van der Waals surface area contributed by atoms with Crippen molar-refractivity contribution in [2.45, 2.75) is 13.3 Å². The molecule has 0 spiro atoms. The molecule has 136 valence electrons. The van der Waals surface area contributed by atoms with E-state index in [1.807, 2.05) is 6.92 Å². The maximum absolute atomic E-state index is 14.8. The fourth-order valence-electron chi connectivity index (χ4n) is 2.54. The Hall–Kier alpha value is -2.68. The maximum Gasteiger partial charge on any atom is 0.201 e. The molecule has 0 saturated heterocycles. The molecule has 26 heavy (non-hydrogen) atoms. The van der Waals surface area contributed by atoms with Gasteiger partial charge in [0.15, 0.2) is 5.82 Å². The number of halogens is 2. The molecule has 3 N–H and O–H groups in total. The van der Waals surface area contributed by atoms with E-state index >= 15 is 0 Å². The van der Waals surface area contributed by atoms with Gasteiger partial charge in [-0.15, -0.1) is 0 Å². The van der Waals surface area contributed by atoms with Crippen molar-refractivity contribution in [1.29, 1.82) is 0 Å². The summed E-state index contributed by atoms with van der Waals surface area (Å²) in [5.74, 6) is -1.47. The molecule has 9 heteroatoms. The third-order valence-corrected chi connectivity index (χ3v) is 4.73. The van der Waals surface area contributed by atoms with E-state index in [2.05, 4.69) is 25.0 Å². The number of anilines is 2. The van der Waals surface area contributed by atoms with Crippen LogP contribution in [0.15, 0.2) is 24.7 Å². The van der Waals surface area contributed by atoms with Crippen LogP contribution in [0.25, 0.3) is 11.0 Å². The molecule has 0 aliphatic heterocycles. The molecule has 2 aromatic heterocycles. The molecule has 6 nitrogen and oxygen atoms in total. The number of hydrogen-bond donors (Lipinski definition) is 3. The fraction of sp³-hybridized carbons (Fsp3) is 0.235. The first kappa shape index (κ1) is 18.1. The van der Waals surface area contributed by atoms with Crippen LogP contribution in [0.5, 0.6) is 0 Å². The van der Waals surface area contributed by atoms with Gasteiger partial charge in [0.25, 0.3) is 0 Å². The number of aromatic nitrogens is 3. The normalized spacial score (nSPS) is 10.9. The van der Waals surface area contributed by atoms with Crippen molar-refractivity contribution in [3.63, 3.8) is 0 Å². The lowest BCUT2D eigenvalue weighted by atomic mass is 10.0. The Morgan fingerprint density at radius 1 is 1.31 bits per heavy atom. The molecule has 0 bridgehead atoms. The largest absolute Gasteiger partial charge is 0.372 e. The highest BCUT2D eigenvalue weighted by molar-refractivity contribution is 8.00. The number of ketones is 1. The zero-order chi connectivity index (χ0) is 18.7. The Labute approximate surface area is 152 Å². The van der Waals surface area contributed by atoms with Gasteiger partial charge in [0.2, 0.25) is 5.78 Å². The second kappa shape index (κ2) is 7.69. The summed E-state index contributed by atoms with van der Waals surface area (Å²) in [6, 6.07) is 2.36. The molecule has 3 aromatic rings. The summed E-state index contributed by atoms with van der Waals surface area (Å²) in [5.41, 5.74) is -0.0422. The van der Waals surface area contributed by atoms with Gasteiger partial charge in [-0.2, -0.15) is 0 Å². The van der Waals surface area contributed by atoms with Crippen LogP contribution in [0.2, 0.25) is 0 Å². The molecule has 2 heterocycles. The Morgan fingerprint density at radius 3 is 2.85 bits per heavy atom. The Bertz CT molecular complexity index is 960. The van der Waals surface area contributed by atoms with Gasteiger partial charge in [-0.05, 0) is 18.6 Å². The van der Waals surface area contributed by atoms with E-state index in [1.165, 1.54) is 30.5 Å². The quantitative estimate of drug-likeness (QED) is 0.328. The number of benzene rings is 1. The van der Waals surface area contributed by atoms with Crippen molar-refractivity contribution in [3.8, 4) is 0 Å². The van der Waals surface area contributed by atoms with Gasteiger partial charge in [0.1, 0.15) is 23.6 Å². The number of H-pyrrole nitrogens is 1. The average Bonchev–Trinajstić information content (AvgIpc) is 3.08. The summed E-state index contributed by atoms with van der Waals surface area (Å²) >= 11 is 1.29. The van der Waals surface area contributed by atoms with Crippen LogP contribution in [0.4, 0.5) is 20.3 Å². The van der Waals surface area contributed by atoms with Crippen molar-refractivity contribution in [3.05, 3.63) is 47.4 Å². The minimum Gasteiger partial charge on any atom is -0.372 e. The van der Waals surface area contributed by atoms with Gasteiger partial charge in [-0.25, -0.2) is 18.7 Å². The number of rotatable bonds is 7. The van der Waals surface area contributed by atoms with Gasteiger partial charge < -0.3 is 15.0 Å². The Morgan fingerprint density at radius 2 is 2.12 bits per heavy atom. The van der Waals surface area contributed by atoms with Gasteiger partial charge in [0.05, 0.1) is 22.2 Å². The summed E-state index contributed by atoms with van der Waals surface area (Å²) in [7, 11) is 1.64. The smallest absolute Gasteiger partial charge is 0.201 e. The first-order chi connectivity index (χ1) is 12.6. The molecule has 3 rings (SSSR count). The molecule has 0 fully saturated rings. The second-order valence-corrected chi connectivity index (χ2v) is 6.36. The Balaban J connectivity index is 2.07. The van der Waals surface area contributed by atoms with E-state index < -0.39 is 23.0 Å². The third kappa shape index (κ3) is 3.22. The van der Waals surface area contributed by atoms with E-state index in [-0.39, 0.29) is 11.3 Å². The average molecular weight is 377 g/mol. The number of fused-ring (bicyclic) bond motifs is 1. The lowest BCUT2D eigenvalue weighted by Crippen LogP contribution is -2.10. The van der Waals surface area contributed by atoms with Crippen LogP contribution in [0.3, 0.4) is 0 Å². The van der Waals surface area contributed by atoms with Crippen molar-refractivity contribution in [2.75, 3.05) is 22.8 Å². The molecular formula is C17H17F2N5OS. The van der Waals surface area contributed by atoms with Crippen molar-refractivity contribution < 1.29 is 13.6 Å². The summed E-state index contributed by atoms with van der Waals surface area (Å²) in [6.07, 6.45) is 3.61. The summed E-state index contributed by atoms with van der Waals surface area (Å²) in [5, 5.41) is 3.24. The van der Waals surface area contributed by atoms with Gasteiger partial charge in [-0.3, -0.25) is 4.79 Å². The van der Waals surface area contributed by atoms with Crippen molar-refractivity contribution in [1.82, 2.24) is 15.0 Å². The predicted octanol–water partition coefficient (Wildman–Crippen LogP) is 3.98. The highest BCUT2D eigenvalue weighted by Gasteiger charge is 2.25. The molecule has 1 aromatic carbocycles. The lowest BCUT2D eigenvalue weighted by molar-refractivity contribution is 0.103. The van der Waals surface area contributed by atoms with Crippen LogP contribution < -0.4 is 10.0 Å². The van der Waals surface area contributed by atoms with Crippen LogP contribution in [-0.2, 0) is 0 Å². The zero-order valence-corrected chi connectivity index (χ0v) is 15.0. The topological polar surface area (TPSA) is 82.7 Å². The van der Waals surface area contributed by atoms with E-state index in [0.29, 0.717) is 16.9 Å². The standard InChI is InChI=1S/C17H17F2N5OS/c1-3-6-26-24-11-5-4-10(18)13(14(11)19)15(25)9-7-21-17-12(9)16(20-2)22-8-23-17/h4-5,7-8,24H,3,6H2,1-2H3,(H2,20,21,22,23). The zero-order valence-electron chi connectivity index (χ0n) is 14.2. The number of aromatic amines is 1. The van der Waals surface area contributed by atoms with E-state index in [4.69, 9.17) is 0 Å². The Kier molecular flexibility index (Phi) is 5.36. The molecule has 0 saturated carbocycles. The number of nitrogens with one attached hydrogen (secondary N) is 3. The second-order valence-electron chi connectivity index (χ2n) is 5.46. The monoisotopic (exact) mass is 377 g/mol. The minimum atomic E-state index is -0.921. The lowest BCUT2D eigenvalue weighted by Gasteiger charge is -2.10. The summed E-state index contributed by atoms with van der Waals surface area (Å²) in [4.78, 5) is 23.8. The van der Waals surface area contributed by atoms with Gasteiger partial charge in [-0.1, -0.05) is 18.9 Å². The number of nitrogens with zero attached hydrogens (tertiary/aromatic N) is 2. The number of carbonyl (C=O) groups is 1. The van der Waals surface area contributed by atoms with E-state index in [1.54, 1.807) is 7.05 Å². The van der Waals surface area contributed by atoms with E-state index in [9.17, 15) is 13.6 Å². The van der Waals surface area contributed by atoms with Gasteiger partial charge >= 0.3 is 0 Å². The van der Waals surface area contributed by atoms with Crippen molar-refractivity contribution >= 4 is 40.3 Å². The summed E-state index contributed by atoms with van der Waals surface area (Å²) in [6.45, 7) is 1.99. The van der Waals surface area contributed by atoms with Crippen LogP contribution >= 0.6 is 11.9 Å². The molecule has 0 atom stereocenters. The van der Waals surface area contributed by atoms with Crippen molar-refractivity contribution in [2.24, 2.45) is 0 Å². The molecule has 0 unspecified atom stereocenters. The van der Waals surface area contributed by atoms with Crippen LogP contribution in [0, 0.1) is 11.6 Å². The highest BCUT2D eigenvalue weighted by atomic mass is 32.2. The number of hydrogen-bond acceptors (Lipinski definition) is 6. The van der Waals surface area contributed by atoms with Crippen LogP contribution in [0.1, 0.15) is 29.3 Å². The molecule has 0 amide bonds. The molecule has 0 aliphatic rings. The number of carbonyl (C=O) groups excluding carboxylic acids is 1. The minimum absolute atomic E-state index is 0.0677. The summed E-state index contributed by atoms with van der Waals surface area (Å²) < 4.78 is 31.9. The van der Waals surface area contributed by atoms with Gasteiger partial charge in [0, 0.05) is 19.0 Å². The maximum atomic E-state index is 14.8. The third-order valence-electron chi connectivity index (χ3n) is 3.76. The SMILES string of the molecule is CCCSNc1ccc(F)c(C(=O)c2c[nH]c3ncnc(NC)c23)c1F. The highest BCUT2D eigenvalue weighted by Crippen LogP contribution is 2.29. The first-order valence-corrected chi connectivity index (χ1v) is 8.97. The fourth-order valence-corrected chi connectivity index (χ4v) is 3.16. The van der Waals surface area contributed by atoms with Crippen LogP contribution in [-0.4, -0.2) is 33.5 Å².